The molecule has 0 aromatic carbocycles. The van der Waals surface area contributed by atoms with Crippen LogP contribution in [0.4, 0.5) is 5.69 Å². The molecule has 1 amide bonds. The second-order valence-electron chi connectivity index (χ2n) is 6.18. The first kappa shape index (κ1) is 18.6. The summed E-state index contributed by atoms with van der Waals surface area (Å²) in [5, 5.41) is 0. The van der Waals surface area contributed by atoms with Gasteiger partial charge in [-0.15, -0.1) is 0 Å². The highest BCUT2D eigenvalue weighted by atomic mass is 16.5. The van der Waals surface area contributed by atoms with E-state index < -0.39 is 0 Å². The number of carbonyl (C=O) groups excluding carboxylic acids is 1. The quantitative estimate of drug-likeness (QED) is 0.687. The van der Waals surface area contributed by atoms with E-state index in [0.717, 1.165) is 5.56 Å². The smallest absolute Gasteiger partial charge is 0.316 e. The Hall–Kier alpha value is -3.20. The average Bonchev–Trinajstić information content (AvgIpc) is 2.65. The van der Waals surface area contributed by atoms with Crippen LogP contribution in [0.25, 0.3) is 11.3 Å². The van der Waals surface area contributed by atoms with Gasteiger partial charge >= 0.3 is 6.01 Å². The molecule has 9 heteroatoms. The number of aromatic nitrogens is 3. The van der Waals surface area contributed by atoms with Gasteiger partial charge in [0.2, 0.25) is 5.91 Å². The Kier molecular flexibility index (Phi) is 5.51. The normalized spacial score (nSPS) is 14.3. The minimum atomic E-state index is -0.199. The number of aromatic amines is 1. The molecule has 142 valence electrons. The van der Waals surface area contributed by atoms with Crippen LogP contribution in [0.5, 0.6) is 6.01 Å². The number of ether oxygens (including phenoxy) is 1. The van der Waals surface area contributed by atoms with Crippen molar-refractivity contribution in [1.29, 1.82) is 0 Å². The number of methoxy groups -OCH3 is 1. The first-order valence-corrected chi connectivity index (χ1v) is 8.52. The number of likely N-dealkylation sites (tertiary alicyclic amines) is 1. The van der Waals surface area contributed by atoms with E-state index in [0.29, 0.717) is 31.0 Å². The van der Waals surface area contributed by atoms with Gasteiger partial charge in [0.1, 0.15) is 5.69 Å². The molecule has 2 aromatic heterocycles. The molecule has 0 bridgehead atoms. The Balaban J connectivity index is 1.76. The SMILES string of the molecule is COc1nccc(-c2c[nH]c(=O)c(N(C)C3CN(C(=O)/C=C/CN)C3)c2)n1. The molecule has 0 spiro atoms. The predicted molar refractivity (Wildman–Crippen MR) is 102 cm³/mol. The number of hydrogen-bond acceptors (Lipinski definition) is 7. The van der Waals surface area contributed by atoms with Gasteiger partial charge in [0.25, 0.3) is 5.56 Å². The molecule has 3 rings (SSSR count). The van der Waals surface area contributed by atoms with E-state index in [1.54, 1.807) is 35.5 Å². The highest BCUT2D eigenvalue weighted by Gasteiger charge is 2.33. The highest BCUT2D eigenvalue weighted by molar-refractivity contribution is 5.88. The van der Waals surface area contributed by atoms with Crippen molar-refractivity contribution in [3.63, 3.8) is 0 Å². The lowest BCUT2D eigenvalue weighted by Crippen LogP contribution is -2.60. The van der Waals surface area contributed by atoms with Crippen molar-refractivity contribution in [3.05, 3.63) is 47.0 Å². The lowest BCUT2D eigenvalue weighted by atomic mass is 10.1. The van der Waals surface area contributed by atoms with Crippen LogP contribution in [-0.4, -0.2) is 65.6 Å². The standard InChI is InChI=1S/C18H22N6O3/c1-23(13-10-24(11-13)16(25)4-3-6-19)15-8-12(9-21-17(15)26)14-5-7-20-18(22-14)27-2/h3-5,7-9,13H,6,10-11,19H2,1-2H3,(H,21,26)/b4-3+. The van der Waals surface area contributed by atoms with Gasteiger partial charge in [-0.2, -0.15) is 4.98 Å². The Morgan fingerprint density at radius 3 is 3.00 bits per heavy atom. The molecule has 0 radical (unpaired) electrons. The summed E-state index contributed by atoms with van der Waals surface area (Å²) in [6, 6.07) is 3.84. The maximum Gasteiger partial charge on any atom is 0.316 e. The maximum absolute atomic E-state index is 12.3. The molecule has 1 aliphatic rings. The van der Waals surface area contributed by atoms with Gasteiger partial charge in [-0.05, 0) is 12.1 Å². The molecule has 9 nitrogen and oxygen atoms in total. The van der Waals surface area contributed by atoms with Crippen molar-refractivity contribution in [3.8, 4) is 17.3 Å². The number of nitrogens with two attached hydrogens (primary N) is 1. The number of pyridine rings is 1. The van der Waals surface area contributed by atoms with E-state index in [1.165, 1.54) is 13.2 Å². The number of H-pyrrole nitrogens is 1. The summed E-state index contributed by atoms with van der Waals surface area (Å²) >= 11 is 0. The van der Waals surface area contributed by atoms with Gasteiger partial charge in [-0.1, -0.05) is 6.08 Å². The lowest BCUT2D eigenvalue weighted by Gasteiger charge is -2.44. The van der Waals surface area contributed by atoms with Crippen LogP contribution in [0, 0.1) is 0 Å². The van der Waals surface area contributed by atoms with E-state index in [-0.39, 0.29) is 23.5 Å². The van der Waals surface area contributed by atoms with E-state index in [9.17, 15) is 9.59 Å². The minimum Gasteiger partial charge on any atom is -0.467 e. The summed E-state index contributed by atoms with van der Waals surface area (Å²) in [4.78, 5) is 38.9. The van der Waals surface area contributed by atoms with Crippen LogP contribution in [0.1, 0.15) is 0 Å². The van der Waals surface area contributed by atoms with Crippen LogP contribution < -0.4 is 20.9 Å². The molecule has 0 unspecified atom stereocenters. The molecule has 27 heavy (non-hydrogen) atoms. The molecule has 0 atom stereocenters. The fourth-order valence-electron chi connectivity index (χ4n) is 2.83. The number of anilines is 1. The van der Waals surface area contributed by atoms with Crippen molar-refractivity contribution in [1.82, 2.24) is 19.9 Å². The van der Waals surface area contributed by atoms with Gasteiger partial charge in [0, 0.05) is 50.7 Å². The van der Waals surface area contributed by atoms with Gasteiger partial charge < -0.3 is 25.3 Å². The van der Waals surface area contributed by atoms with Crippen LogP contribution in [0.15, 0.2) is 41.5 Å². The van der Waals surface area contributed by atoms with Crippen LogP contribution >= 0.6 is 0 Å². The first-order valence-electron chi connectivity index (χ1n) is 8.52. The van der Waals surface area contributed by atoms with Gasteiger partial charge in [-0.3, -0.25) is 9.59 Å². The molecule has 1 saturated heterocycles. The molecule has 0 saturated carbocycles. The zero-order valence-corrected chi connectivity index (χ0v) is 15.3. The molecular weight excluding hydrogens is 348 g/mol. The summed E-state index contributed by atoms with van der Waals surface area (Å²) < 4.78 is 5.05. The number of carbonyl (C=O) groups is 1. The molecular formula is C18H22N6O3. The van der Waals surface area contributed by atoms with E-state index in [2.05, 4.69) is 15.0 Å². The van der Waals surface area contributed by atoms with Crippen LogP contribution in [-0.2, 0) is 4.79 Å². The third-order valence-electron chi connectivity index (χ3n) is 4.49. The monoisotopic (exact) mass is 370 g/mol. The summed E-state index contributed by atoms with van der Waals surface area (Å²) in [6.07, 6.45) is 6.31. The van der Waals surface area contributed by atoms with Crippen LogP contribution in [0.2, 0.25) is 0 Å². The summed E-state index contributed by atoms with van der Waals surface area (Å²) in [5.74, 6) is -0.0687. The Labute approximate surface area is 156 Å². The van der Waals surface area contributed by atoms with Crippen molar-refractivity contribution >= 4 is 11.6 Å². The third kappa shape index (κ3) is 3.98. The molecule has 1 fully saturated rings. The fraction of sp³-hybridized carbons (Fsp3) is 0.333. The van der Waals surface area contributed by atoms with Crippen molar-refractivity contribution in [2.45, 2.75) is 6.04 Å². The minimum absolute atomic E-state index is 0.0662. The van der Waals surface area contributed by atoms with Gasteiger partial charge in [-0.25, -0.2) is 4.98 Å². The number of rotatable bonds is 6. The van der Waals surface area contributed by atoms with Crippen molar-refractivity contribution < 1.29 is 9.53 Å². The maximum atomic E-state index is 12.3. The molecule has 1 aliphatic heterocycles. The van der Waals surface area contributed by atoms with Gasteiger partial charge in [0.15, 0.2) is 0 Å². The molecule has 3 N–H and O–H groups in total. The number of nitrogens with one attached hydrogen (secondary N) is 1. The Morgan fingerprint density at radius 2 is 2.30 bits per heavy atom. The summed E-state index contributed by atoms with van der Waals surface area (Å²) in [7, 11) is 3.34. The zero-order chi connectivity index (χ0) is 19.4. The molecule has 2 aromatic rings. The first-order chi connectivity index (χ1) is 13.0. The number of amides is 1. The topological polar surface area (TPSA) is 117 Å². The van der Waals surface area contributed by atoms with E-state index in [1.807, 2.05) is 11.9 Å². The largest absolute Gasteiger partial charge is 0.467 e. The van der Waals surface area contributed by atoms with E-state index in [4.69, 9.17) is 10.5 Å². The Morgan fingerprint density at radius 1 is 1.52 bits per heavy atom. The molecule has 0 aliphatic carbocycles. The number of nitrogens with zero attached hydrogens (tertiary/aromatic N) is 4. The zero-order valence-electron chi connectivity index (χ0n) is 15.3. The second-order valence-corrected chi connectivity index (χ2v) is 6.18. The third-order valence-corrected chi connectivity index (χ3v) is 4.49. The Bertz CT molecular complexity index is 904. The van der Waals surface area contributed by atoms with Crippen molar-refractivity contribution in [2.24, 2.45) is 5.73 Å². The fourth-order valence-corrected chi connectivity index (χ4v) is 2.83. The van der Waals surface area contributed by atoms with E-state index >= 15 is 0 Å². The summed E-state index contributed by atoms with van der Waals surface area (Å²) in [6.45, 7) is 1.43. The van der Waals surface area contributed by atoms with Crippen LogP contribution in [0.3, 0.4) is 0 Å². The number of hydrogen-bond donors (Lipinski definition) is 2. The average molecular weight is 370 g/mol. The van der Waals surface area contributed by atoms with Gasteiger partial charge in [0.05, 0.1) is 18.8 Å². The number of likely N-dealkylation sites (N-methyl/N-ethyl adjacent to an activating group) is 1. The molecule has 3 heterocycles. The second kappa shape index (κ2) is 8.00. The highest BCUT2D eigenvalue weighted by Crippen LogP contribution is 2.23. The predicted octanol–water partition coefficient (Wildman–Crippen LogP) is 0.00240. The van der Waals surface area contributed by atoms with Crippen molar-refractivity contribution in [2.75, 3.05) is 38.7 Å². The summed E-state index contributed by atoms with van der Waals surface area (Å²) in [5.41, 5.74) is 7.07. The lowest BCUT2D eigenvalue weighted by molar-refractivity contribution is -0.130.